The van der Waals surface area contributed by atoms with Crippen molar-refractivity contribution in [1.29, 1.82) is 0 Å². The van der Waals surface area contributed by atoms with E-state index in [4.69, 9.17) is 17.2 Å². The largest absolute Gasteiger partial charge is 0.330 e. The van der Waals surface area contributed by atoms with E-state index in [1.54, 1.807) is 0 Å². The molecule has 0 amide bonds. The Morgan fingerprint density at radius 2 is 1.69 bits per heavy atom. The minimum absolute atomic E-state index is 0.139. The van der Waals surface area contributed by atoms with E-state index in [1.165, 1.54) is 19.3 Å². The molecule has 1 unspecified atom stereocenters. The molecule has 0 radical (unpaired) electrons. The predicted octanol–water partition coefficient (Wildman–Crippen LogP) is 1.17. The van der Waals surface area contributed by atoms with Gasteiger partial charge >= 0.3 is 0 Å². The van der Waals surface area contributed by atoms with E-state index >= 15 is 0 Å². The summed E-state index contributed by atoms with van der Waals surface area (Å²) in [4.78, 5) is 0. The monoisotopic (exact) mass is 187 g/mol. The van der Waals surface area contributed by atoms with Gasteiger partial charge in [-0.1, -0.05) is 32.6 Å². The first-order chi connectivity index (χ1) is 6.20. The number of nitrogens with two attached hydrogens (primary N) is 3. The van der Waals surface area contributed by atoms with Crippen LogP contribution in [0.15, 0.2) is 0 Å². The molecular weight excluding hydrogens is 162 g/mol. The lowest BCUT2D eigenvalue weighted by Crippen LogP contribution is -2.30. The Labute approximate surface area is 82.0 Å². The molecule has 0 saturated heterocycles. The maximum Gasteiger partial charge on any atom is 0.0520 e. The molecule has 3 heteroatoms. The molecule has 1 atom stereocenters. The van der Waals surface area contributed by atoms with Crippen LogP contribution in [0.3, 0.4) is 0 Å². The van der Waals surface area contributed by atoms with E-state index < -0.39 is 0 Å². The molecule has 0 saturated carbocycles. The minimum Gasteiger partial charge on any atom is -0.330 e. The van der Waals surface area contributed by atoms with Gasteiger partial charge in [-0.25, -0.2) is 0 Å². The highest BCUT2D eigenvalue weighted by Crippen LogP contribution is 2.17. The molecule has 0 heterocycles. The van der Waals surface area contributed by atoms with Crippen molar-refractivity contribution >= 4 is 0 Å². The van der Waals surface area contributed by atoms with Gasteiger partial charge in [0.2, 0.25) is 0 Å². The summed E-state index contributed by atoms with van der Waals surface area (Å²) in [6.45, 7) is 3.03. The van der Waals surface area contributed by atoms with E-state index in [1.807, 2.05) is 0 Å². The van der Waals surface area contributed by atoms with Gasteiger partial charge < -0.3 is 17.2 Å². The smallest absolute Gasteiger partial charge is 0.0520 e. The summed E-state index contributed by atoms with van der Waals surface area (Å²) in [5, 5.41) is 0. The second kappa shape index (κ2) is 8.48. The summed E-state index contributed by atoms with van der Waals surface area (Å²) < 4.78 is 0. The van der Waals surface area contributed by atoms with E-state index in [9.17, 15) is 0 Å². The Morgan fingerprint density at radius 1 is 1.00 bits per heavy atom. The lowest BCUT2D eigenvalue weighted by atomic mass is 9.93. The van der Waals surface area contributed by atoms with Crippen LogP contribution < -0.4 is 17.2 Å². The Bertz CT molecular complexity index is 98.3. The average Bonchev–Trinajstić information content (AvgIpc) is 2.04. The van der Waals surface area contributed by atoms with Gasteiger partial charge in [0, 0.05) is 0 Å². The van der Waals surface area contributed by atoms with Gasteiger partial charge in [-0.2, -0.15) is 0 Å². The molecule has 0 aromatic rings. The van der Waals surface area contributed by atoms with Crippen molar-refractivity contribution < 1.29 is 0 Å². The standard InChI is InChI=1S/C10H25N3/c1-2-4-9(7-8-11)5-3-6-10(12)13/h9-10H,2-8,11-13H2,1H3. The molecular formula is C10H25N3. The molecule has 0 aliphatic heterocycles. The molecule has 0 aliphatic carbocycles. The summed E-state index contributed by atoms with van der Waals surface area (Å²) in [6.07, 6.45) is 6.85. The van der Waals surface area contributed by atoms with Gasteiger partial charge in [0.05, 0.1) is 6.17 Å². The molecule has 0 rings (SSSR count). The van der Waals surface area contributed by atoms with E-state index in [2.05, 4.69) is 6.92 Å². The van der Waals surface area contributed by atoms with Crippen molar-refractivity contribution in [2.75, 3.05) is 6.54 Å². The fourth-order valence-corrected chi connectivity index (χ4v) is 1.72. The van der Waals surface area contributed by atoms with Crippen molar-refractivity contribution in [2.24, 2.45) is 23.1 Å². The minimum atomic E-state index is -0.139. The van der Waals surface area contributed by atoms with E-state index in [0.717, 1.165) is 31.7 Å². The predicted molar refractivity (Wildman–Crippen MR) is 58.1 cm³/mol. The highest BCUT2D eigenvalue weighted by molar-refractivity contribution is 4.61. The normalized spacial score (nSPS) is 13.6. The summed E-state index contributed by atoms with van der Waals surface area (Å²) in [5.41, 5.74) is 16.5. The van der Waals surface area contributed by atoms with Gasteiger partial charge in [0.15, 0.2) is 0 Å². The molecule has 0 spiro atoms. The van der Waals surface area contributed by atoms with Crippen LogP contribution in [0.1, 0.15) is 45.4 Å². The van der Waals surface area contributed by atoms with Crippen LogP contribution in [0.5, 0.6) is 0 Å². The SMILES string of the molecule is CCCC(CCN)CCCC(N)N. The highest BCUT2D eigenvalue weighted by atomic mass is 14.8. The third kappa shape index (κ3) is 8.22. The van der Waals surface area contributed by atoms with Gasteiger partial charge in [-0.3, -0.25) is 0 Å². The molecule has 0 aromatic carbocycles. The zero-order chi connectivity index (χ0) is 10.1. The second-order valence-corrected chi connectivity index (χ2v) is 3.83. The summed E-state index contributed by atoms with van der Waals surface area (Å²) in [7, 11) is 0. The number of hydrogen-bond donors (Lipinski definition) is 3. The fraction of sp³-hybridized carbons (Fsp3) is 1.00. The third-order valence-electron chi connectivity index (χ3n) is 2.42. The molecule has 13 heavy (non-hydrogen) atoms. The van der Waals surface area contributed by atoms with Crippen molar-refractivity contribution in [2.45, 2.75) is 51.6 Å². The Kier molecular flexibility index (Phi) is 8.40. The zero-order valence-electron chi connectivity index (χ0n) is 8.84. The van der Waals surface area contributed by atoms with Crippen molar-refractivity contribution in [3.8, 4) is 0 Å². The van der Waals surface area contributed by atoms with E-state index in [-0.39, 0.29) is 6.17 Å². The highest BCUT2D eigenvalue weighted by Gasteiger charge is 2.06. The maximum absolute atomic E-state index is 5.54. The number of rotatable bonds is 8. The van der Waals surface area contributed by atoms with Crippen LogP contribution in [0, 0.1) is 5.92 Å². The van der Waals surface area contributed by atoms with Crippen LogP contribution in [-0.2, 0) is 0 Å². The Balaban J connectivity index is 3.44. The van der Waals surface area contributed by atoms with Crippen LogP contribution in [0.4, 0.5) is 0 Å². The first-order valence-corrected chi connectivity index (χ1v) is 5.42. The first kappa shape index (κ1) is 12.9. The fourth-order valence-electron chi connectivity index (χ4n) is 1.72. The summed E-state index contributed by atoms with van der Waals surface area (Å²) >= 11 is 0. The van der Waals surface area contributed by atoms with Gasteiger partial charge in [0.25, 0.3) is 0 Å². The molecule has 80 valence electrons. The van der Waals surface area contributed by atoms with Crippen molar-refractivity contribution in [3.05, 3.63) is 0 Å². The topological polar surface area (TPSA) is 78.1 Å². The van der Waals surface area contributed by atoms with Crippen molar-refractivity contribution in [1.82, 2.24) is 0 Å². The van der Waals surface area contributed by atoms with Gasteiger partial charge in [-0.15, -0.1) is 0 Å². The van der Waals surface area contributed by atoms with Gasteiger partial charge in [-0.05, 0) is 25.3 Å². The molecule has 0 bridgehead atoms. The molecule has 0 aliphatic rings. The molecule has 3 nitrogen and oxygen atoms in total. The van der Waals surface area contributed by atoms with Crippen LogP contribution >= 0.6 is 0 Å². The molecule has 6 N–H and O–H groups in total. The van der Waals surface area contributed by atoms with Crippen LogP contribution in [0.25, 0.3) is 0 Å². The Hall–Kier alpha value is -0.120. The van der Waals surface area contributed by atoms with Crippen LogP contribution in [0.2, 0.25) is 0 Å². The maximum atomic E-state index is 5.54. The van der Waals surface area contributed by atoms with Gasteiger partial charge in [0.1, 0.15) is 0 Å². The molecule has 0 aromatic heterocycles. The van der Waals surface area contributed by atoms with Crippen LogP contribution in [-0.4, -0.2) is 12.7 Å². The summed E-state index contributed by atoms with van der Waals surface area (Å²) in [5.74, 6) is 0.786. The first-order valence-electron chi connectivity index (χ1n) is 5.42. The zero-order valence-corrected chi connectivity index (χ0v) is 8.84. The summed E-state index contributed by atoms with van der Waals surface area (Å²) in [6, 6.07) is 0. The lowest BCUT2D eigenvalue weighted by Gasteiger charge is -2.15. The lowest BCUT2D eigenvalue weighted by molar-refractivity contribution is 0.395. The quantitative estimate of drug-likeness (QED) is 0.499. The second-order valence-electron chi connectivity index (χ2n) is 3.83. The number of hydrogen-bond acceptors (Lipinski definition) is 3. The Morgan fingerprint density at radius 3 is 2.15 bits per heavy atom. The molecule has 0 fully saturated rings. The van der Waals surface area contributed by atoms with E-state index in [0.29, 0.717) is 0 Å². The average molecular weight is 187 g/mol. The third-order valence-corrected chi connectivity index (χ3v) is 2.42. The van der Waals surface area contributed by atoms with Crippen molar-refractivity contribution in [3.63, 3.8) is 0 Å².